The predicted molar refractivity (Wildman–Crippen MR) is 48.6 cm³/mol. The van der Waals surface area contributed by atoms with Crippen molar-refractivity contribution in [2.45, 2.75) is 11.7 Å². The Morgan fingerprint density at radius 2 is 1.86 bits per heavy atom. The fourth-order valence-corrected chi connectivity index (χ4v) is 2.04. The molecule has 1 atom stereocenters. The number of carboxylic acids is 1. The molecule has 0 saturated heterocycles. The van der Waals surface area contributed by atoms with Crippen LogP contribution in [0.25, 0.3) is 0 Å². The molecule has 0 aliphatic heterocycles. The largest absolute Gasteiger partial charge is 0.748 e. The molecule has 1 N–H and O–H groups in total. The minimum atomic E-state index is -4.54. The number of hydrogen-bond acceptors (Lipinski definition) is 4. The highest BCUT2D eigenvalue weighted by Gasteiger charge is 2.26. The summed E-state index contributed by atoms with van der Waals surface area (Å²) in [6.45, 7) is -0.00185. The lowest BCUT2D eigenvalue weighted by molar-refractivity contribution is -0.869. The van der Waals surface area contributed by atoms with Crippen LogP contribution in [0.5, 0.6) is 0 Å². The molecule has 0 aromatic carbocycles. The quantitative estimate of drug-likeness (QED) is 0.482. The summed E-state index contributed by atoms with van der Waals surface area (Å²) in [4.78, 5) is 10.3. The van der Waals surface area contributed by atoms with Gasteiger partial charge in [-0.1, -0.05) is 0 Å². The van der Waals surface area contributed by atoms with E-state index in [4.69, 9.17) is 5.11 Å². The molecule has 0 aliphatic rings. The van der Waals surface area contributed by atoms with Crippen molar-refractivity contribution >= 4 is 16.1 Å². The van der Waals surface area contributed by atoms with Gasteiger partial charge in [0.1, 0.15) is 15.4 Å². The Bertz CT molecular complexity index is 303. The zero-order valence-electron chi connectivity index (χ0n) is 8.43. The average Bonchev–Trinajstić information content (AvgIpc) is 1.78. The number of quaternary nitrogens is 1. The first-order chi connectivity index (χ1) is 6.02. The highest BCUT2D eigenvalue weighted by atomic mass is 32.2. The molecule has 0 radical (unpaired) electrons. The van der Waals surface area contributed by atoms with Gasteiger partial charge in [-0.05, 0) is 0 Å². The number of nitrogens with zero attached hydrogens (tertiary/aromatic N) is 1. The van der Waals surface area contributed by atoms with Gasteiger partial charge in [-0.25, -0.2) is 8.42 Å². The van der Waals surface area contributed by atoms with Gasteiger partial charge in [-0.3, -0.25) is 4.79 Å². The third-order valence-electron chi connectivity index (χ3n) is 1.56. The Kier molecular flexibility index (Phi) is 4.04. The summed E-state index contributed by atoms with van der Waals surface area (Å²) in [5, 5.41) is 7.07. The van der Waals surface area contributed by atoms with Crippen LogP contribution in [0, 0.1) is 0 Å². The molecule has 0 aromatic heterocycles. The molecule has 0 spiro atoms. The van der Waals surface area contributed by atoms with Gasteiger partial charge in [-0.2, -0.15) is 0 Å². The summed E-state index contributed by atoms with van der Waals surface area (Å²) in [7, 11) is 0.544. The summed E-state index contributed by atoms with van der Waals surface area (Å²) in [5.74, 6) is -1.28. The number of rotatable bonds is 5. The molecule has 0 amide bonds. The van der Waals surface area contributed by atoms with E-state index in [9.17, 15) is 17.8 Å². The first-order valence-electron chi connectivity index (χ1n) is 3.99. The van der Waals surface area contributed by atoms with Crippen molar-refractivity contribution in [2.75, 3.05) is 27.7 Å². The Balaban J connectivity index is 4.68. The van der Waals surface area contributed by atoms with E-state index in [1.54, 1.807) is 21.1 Å². The Hall–Kier alpha value is -0.660. The molecule has 84 valence electrons. The third kappa shape index (κ3) is 5.90. The molecule has 6 nitrogen and oxygen atoms in total. The summed E-state index contributed by atoms with van der Waals surface area (Å²) >= 11 is 0. The second-order valence-electron chi connectivity index (χ2n) is 4.19. The minimum absolute atomic E-state index is 0.00185. The van der Waals surface area contributed by atoms with Gasteiger partial charge in [0.05, 0.1) is 34.1 Å². The fraction of sp³-hybridized carbons (Fsp3) is 0.857. The van der Waals surface area contributed by atoms with E-state index in [1.807, 2.05) is 0 Å². The van der Waals surface area contributed by atoms with Crippen LogP contribution in [0.4, 0.5) is 0 Å². The number of hydrogen-bond donors (Lipinski definition) is 1. The van der Waals surface area contributed by atoms with Crippen LogP contribution >= 0.6 is 0 Å². The highest BCUT2D eigenvalue weighted by molar-refractivity contribution is 7.86. The maximum atomic E-state index is 10.7. The second kappa shape index (κ2) is 4.24. The van der Waals surface area contributed by atoms with E-state index >= 15 is 0 Å². The highest BCUT2D eigenvalue weighted by Crippen LogP contribution is 2.08. The van der Waals surface area contributed by atoms with Crippen LogP contribution in [-0.2, 0) is 14.9 Å². The van der Waals surface area contributed by atoms with Crippen molar-refractivity contribution in [3.63, 3.8) is 0 Å². The molecule has 0 heterocycles. The molecule has 0 aliphatic carbocycles. The molecule has 0 saturated carbocycles. The number of carbonyl (C=O) groups is 1. The number of aliphatic carboxylic acids is 1. The van der Waals surface area contributed by atoms with Crippen molar-refractivity contribution in [3.8, 4) is 0 Å². The Labute approximate surface area is 83.5 Å². The average molecular weight is 225 g/mol. The predicted octanol–water partition coefficient (Wildman–Crippen LogP) is -0.919. The van der Waals surface area contributed by atoms with Gasteiger partial charge in [0.15, 0.2) is 0 Å². The van der Waals surface area contributed by atoms with Crippen molar-refractivity contribution in [2.24, 2.45) is 0 Å². The van der Waals surface area contributed by atoms with E-state index in [1.165, 1.54) is 0 Å². The molecule has 0 fully saturated rings. The third-order valence-corrected chi connectivity index (χ3v) is 2.69. The number of carboxylic acid groups (broad SMARTS) is 1. The first-order valence-corrected chi connectivity index (χ1v) is 5.46. The zero-order chi connectivity index (χ0) is 11.6. The molecule has 1 unspecified atom stereocenters. The molecule has 14 heavy (non-hydrogen) atoms. The SMILES string of the molecule is C[N+](C)(C)CC(CC(=O)O)S(=O)(=O)[O-]. The normalized spacial score (nSPS) is 15.1. The monoisotopic (exact) mass is 225 g/mol. The summed E-state index contributed by atoms with van der Waals surface area (Å²) in [6, 6.07) is 0. The lowest BCUT2D eigenvalue weighted by atomic mass is 10.3. The summed E-state index contributed by atoms with van der Waals surface area (Å²) in [5.41, 5.74) is 0. The molecule has 0 bridgehead atoms. The van der Waals surface area contributed by atoms with Crippen LogP contribution in [0.3, 0.4) is 0 Å². The smallest absolute Gasteiger partial charge is 0.304 e. The van der Waals surface area contributed by atoms with Crippen LogP contribution in [0.15, 0.2) is 0 Å². The van der Waals surface area contributed by atoms with Crippen LogP contribution < -0.4 is 0 Å². The maximum absolute atomic E-state index is 10.7. The minimum Gasteiger partial charge on any atom is -0.748 e. The summed E-state index contributed by atoms with van der Waals surface area (Å²) < 4.78 is 32.4. The zero-order valence-corrected chi connectivity index (χ0v) is 9.24. The van der Waals surface area contributed by atoms with Gasteiger partial charge in [-0.15, -0.1) is 0 Å². The van der Waals surface area contributed by atoms with Crippen LogP contribution in [-0.4, -0.2) is 61.5 Å². The lowest BCUT2D eigenvalue weighted by Gasteiger charge is -2.29. The topological polar surface area (TPSA) is 94.5 Å². The Morgan fingerprint density at radius 3 is 2.07 bits per heavy atom. The van der Waals surface area contributed by atoms with Crippen molar-refractivity contribution in [3.05, 3.63) is 0 Å². The Morgan fingerprint density at radius 1 is 1.43 bits per heavy atom. The molecular formula is C7H15NO5S. The van der Waals surface area contributed by atoms with Gasteiger partial charge < -0.3 is 14.1 Å². The van der Waals surface area contributed by atoms with Crippen molar-refractivity contribution in [1.29, 1.82) is 0 Å². The van der Waals surface area contributed by atoms with E-state index < -0.39 is 27.8 Å². The molecule has 0 aromatic rings. The van der Waals surface area contributed by atoms with Crippen molar-refractivity contribution in [1.82, 2.24) is 0 Å². The van der Waals surface area contributed by atoms with Crippen LogP contribution in [0.1, 0.15) is 6.42 Å². The van der Waals surface area contributed by atoms with Crippen LogP contribution in [0.2, 0.25) is 0 Å². The van der Waals surface area contributed by atoms with E-state index in [0.717, 1.165) is 0 Å². The maximum Gasteiger partial charge on any atom is 0.304 e. The van der Waals surface area contributed by atoms with Gasteiger partial charge >= 0.3 is 5.97 Å². The molecular weight excluding hydrogens is 210 g/mol. The van der Waals surface area contributed by atoms with E-state index in [2.05, 4.69) is 0 Å². The second-order valence-corrected chi connectivity index (χ2v) is 5.84. The van der Waals surface area contributed by atoms with Crippen molar-refractivity contribution < 1.29 is 27.4 Å². The lowest BCUT2D eigenvalue weighted by Crippen LogP contribution is -2.45. The standard InChI is InChI=1S/C7H15NO5S/c1-8(2,3)5-6(4-7(9)10)14(11,12)13/h6H,4-5H2,1-3H3,(H-,9,10,11,12,13). The first kappa shape index (κ1) is 13.3. The van der Waals surface area contributed by atoms with Gasteiger partial charge in [0.25, 0.3) is 0 Å². The van der Waals surface area contributed by atoms with Gasteiger partial charge in [0.2, 0.25) is 0 Å². The molecule has 7 heteroatoms. The van der Waals surface area contributed by atoms with E-state index in [-0.39, 0.29) is 11.0 Å². The molecule has 0 rings (SSSR count). The van der Waals surface area contributed by atoms with Gasteiger partial charge in [0, 0.05) is 0 Å². The fourth-order valence-electron chi connectivity index (χ4n) is 1.06. The van der Waals surface area contributed by atoms with E-state index in [0.29, 0.717) is 0 Å². The summed E-state index contributed by atoms with van der Waals surface area (Å²) in [6.07, 6.45) is -0.638.